The molecule has 0 spiro atoms. The lowest BCUT2D eigenvalue weighted by Gasteiger charge is -2.05. The van der Waals surface area contributed by atoms with Crippen molar-refractivity contribution in [3.05, 3.63) is 40.5 Å². The maximum atomic E-state index is 12.8. The summed E-state index contributed by atoms with van der Waals surface area (Å²) >= 11 is 3.22. The van der Waals surface area contributed by atoms with Crippen LogP contribution < -0.4 is 4.80 Å². The normalized spacial score (nSPS) is 12.2. The highest BCUT2D eigenvalue weighted by molar-refractivity contribution is 7.98. The van der Waals surface area contributed by atoms with E-state index in [0.717, 1.165) is 15.9 Å². The molecule has 0 fully saturated rings. The van der Waals surface area contributed by atoms with Gasteiger partial charge in [-0.2, -0.15) is 10.1 Å². The van der Waals surface area contributed by atoms with Gasteiger partial charge in [-0.3, -0.25) is 9.48 Å². The predicted octanol–water partition coefficient (Wildman–Crippen LogP) is 3.34. The number of carbonyl (C=O) groups is 1. The molecule has 0 N–H and O–H groups in total. The summed E-state index contributed by atoms with van der Waals surface area (Å²) in [5.74, 6) is -0.268. The maximum absolute atomic E-state index is 12.8. The van der Waals surface area contributed by atoms with E-state index in [4.69, 9.17) is 4.74 Å². The number of benzene rings is 1. The summed E-state index contributed by atoms with van der Waals surface area (Å²) in [6, 6.07) is 8.09. The molecule has 0 unspecified atom stereocenters. The number of aryl methyl sites for hydroxylation is 2. The molecule has 3 rings (SSSR count). The van der Waals surface area contributed by atoms with Crippen LogP contribution in [0.1, 0.15) is 23.1 Å². The molecular formula is C18H22N4O2S2. The summed E-state index contributed by atoms with van der Waals surface area (Å²) in [5.41, 5.74) is 2.40. The van der Waals surface area contributed by atoms with Gasteiger partial charge in [-0.05, 0) is 44.4 Å². The van der Waals surface area contributed by atoms with Crippen molar-refractivity contribution in [1.82, 2.24) is 14.3 Å². The van der Waals surface area contributed by atoms with Gasteiger partial charge < -0.3 is 9.30 Å². The van der Waals surface area contributed by atoms with Crippen LogP contribution in [0.25, 0.3) is 10.2 Å². The van der Waals surface area contributed by atoms with E-state index in [0.29, 0.717) is 30.2 Å². The quantitative estimate of drug-likeness (QED) is 0.606. The summed E-state index contributed by atoms with van der Waals surface area (Å²) in [7, 11) is 1.67. The molecule has 3 aromatic rings. The van der Waals surface area contributed by atoms with Gasteiger partial charge in [-0.15, -0.1) is 11.8 Å². The zero-order valence-electron chi connectivity index (χ0n) is 15.4. The predicted molar refractivity (Wildman–Crippen MR) is 106 cm³/mol. The van der Waals surface area contributed by atoms with E-state index >= 15 is 0 Å². The minimum Gasteiger partial charge on any atom is -0.383 e. The Kier molecular flexibility index (Phi) is 5.95. The van der Waals surface area contributed by atoms with Gasteiger partial charge in [0.25, 0.3) is 5.91 Å². The fraction of sp³-hybridized carbons (Fsp3) is 0.389. The number of methoxy groups -OCH3 is 1. The highest BCUT2D eigenvalue weighted by Gasteiger charge is 2.14. The molecule has 138 valence electrons. The monoisotopic (exact) mass is 390 g/mol. The van der Waals surface area contributed by atoms with Crippen molar-refractivity contribution < 1.29 is 9.53 Å². The molecule has 0 radical (unpaired) electrons. The van der Waals surface area contributed by atoms with Gasteiger partial charge in [-0.1, -0.05) is 11.3 Å². The fourth-order valence-electron chi connectivity index (χ4n) is 2.77. The Morgan fingerprint density at radius 1 is 1.38 bits per heavy atom. The Balaban J connectivity index is 2.12. The second kappa shape index (κ2) is 8.20. The van der Waals surface area contributed by atoms with Crippen LogP contribution in [0.3, 0.4) is 0 Å². The van der Waals surface area contributed by atoms with Crippen molar-refractivity contribution in [2.75, 3.05) is 20.0 Å². The molecule has 1 aromatic carbocycles. The number of thioether (sulfide) groups is 1. The van der Waals surface area contributed by atoms with E-state index in [1.165, 1.54) is 16.2 Å². The van der Waals surface area contributed by atoms with Crippen LogP contribution in [0.5, 0.6) is 0 Å². The molecule has 2 heterocycles. The minimum absolute atomic E-state index is 0.268. The van der Waals surface area contributed by atoms with E-state index in [9.17, 15) is 4.79 Å². The second-order valence-electron chi connectivity index (χ2n) is 5.77. The van der Waals surface area contributed by atoms with Crippen LogP contribution in [-0.4, -0.2) is 40.2 Å². The van der Waals surface area contributed by atoms with Gasteiger partial charge in [0.2, 0.25) is 0 Å². The smallest absolute Gasteiger partial charge is 0.297 e. The van der Waals surface area contributed by atoms with Gasteiger partial charge in [0.1, 0.15) is 5.69 Å². The van der Waals surface area contributed by atoms with E-state index in [-0.39, 0.29) is 5.91 Å². The molecule has 0 saturated carbocycles. The first-order chi connectivity index (χ1) is 12.6. The van der Waals surface area contributed by atoms with Gasteiger partial charge in [-0.25, -0.2) is 0 Å². The lowest BCUT2D eigenvalue weighted by atomic mass is 10.3. The number of amides is 1. The van der Waals surface area contributed by atoms with Gasteiger partial charge in [0, 0.05) is 25.1 Å². The van der Waals surface area contributed by atoms with Crippen LogP contribution in [-0.2, 0) is 17.8 Å². The molecule has 2 aromatic heterocycles. The molecule has 0 atom stereocenters. The lowest BCUT2D eigenvalue weighted by Crippen LogP contribution is -2.20. The number of fused-ring (bicyclic) bond motifs is 1. The molecule has 0 aliphatic heterocycles. The first kappa shape index (κ1) is 18.9. The van der Waals surface area contributed by atoms with Crippen molar-refractivity contribution in [3.63, 3.8) is 0 Å². The zero-order chi connectivity index (χ0) is 18.7. The Bertz CT molecular complexity index is 1000. The Morgan fingerprint density at radius 2 is 2.19 bits per heavy atom. The molecule has 8 heteroatoms. The standard InChI is InChI=1S/C18H22N4O2S2/c1-5-22-15(10-12(2)20-22)17(23)19-18-21(8-9-24-3)14-7-6-13(25-4)11-16(14)26-18/h6-7,10-11H,5,8-9H2,1-4H3. The van der Waals surface area contributed by atoms with Crippen LogP contribution in [0, 0.1) is 6.92 Å². The van der Waals surface area contributed by atoms with Crippen LogP contribution >= 0.6 is 23.1 Å². The van der Waals surface area contributed by atoms with Crippen LogP contribution in [0.15, 0.2) is 34.2 Å². The molecular weight excluding hydrogens is 368 g/mol. The second-order valence-corrected chi connectivity index (χ2v) is 7.66. The molecule has 26 heavy (non-hydrogen) atoms. The number of thiazole rings is 1. The maximum Gasteiger partial charge on any atom is 0.297 e. The Labute approximate surface area is 160 Å². The highest BCUT2D eigenvalue weighted by Crippen LogP contribution is 2.24. The van der Waals surface area contributed by atoms with E-state index < -0.39 is 0 Å². The molecule has 1 amide bonds. The third kappa shape index (κ3) is 3.77. The minimum atomic E-state index is -0.268. The largest absolute Gasteiger partial charge is 0.383 e. The average molecular weight is 391 g/mol. The fourth-order valence-corrected chi connectivity index (χ4v) is 4.38. The molecule has 0 aliphatic rings. The number of nitrogens with zero attached hydrogens (tertiary/aromatic N) is 4. The summed E-state index contributed by atoms with van der Waals surface area (Å²) in [4.78, 5) is 19.1. The van der Waals surface area contributed by atoms with Crippen molar-refractivity contribution in [3.8, 4) is 0 Å². The van der Waals surface area contributed by atoms with Crippen molar-refractivity contribution in [1.29, 1.82) is 0 Å². The molecule has 0 aliphatic carbocycles. The number of ether oxygens (including phenoxy) is 1. The first-order valence-corrected chi connectivity index (χ1v) is 10.4. The summed E-state index contributed by atoms with van der Waals surface area (Å²) in [6.45, 7) is 5.69. The number of hydrogen-bond acceptors (Lipinski definition) is 5. The van der Waals surface area contributed by atoms with Gasteiger partial charge in [0.05, 0.1) is 22.5 Å². The summed E-state index contributed by atoms with van der Waals surface area (Å²) < 4.78 is 10.1. The third-order valence-corrected chi connectivity index (χ3v) is 5.79. The van der Waals surface area contributed by atoms with E-state index in [1.54, 1.807) is 29.6 Å². The van der Waals surface area contributed by atoms with Gasteiger partial charge >= 0.3 is 0 Å². The molecule has 6 nitrogen and oxygen atoms in total. The number of carbonyl (C=O) groups excluding carboxylic acids is 1. The van der Waals surface area contributed by atoms with Crippen molar-refractivity contribution in [2.24, 2.45) is 4.99 Å². The summed E-state index contributed by atoms with van der Waals surface area (Å²) in [6.07, 6.45) is 2.05. The van der Waals surface area contributed by atoms with E-state index in [2.05, 4.69) is 34.5 Å². The van der Waals surface area contributed by atoms with Crippen molar-refractivity contribution >= 4 is 39.2 Å². The third-order valence-electron chi connectivity index (χ3n) is 4.03. The van der Waals surface area contributed by atoms with Crippen LogP contribution in [0.2, 0.25) is 0 Å². The summed E-state index contributed by atoms with van der Waals surface area (Å²) in [5, 5.41) is 4.34. The Hall–Kier alpha value is -1.90. The topological polar surface area (TPSA) is 61.4 Å². The highest BCUT2D eigenvalue weighted by atomic mass is 32.2. The molecule has 0 saturated heterocycles. The number of hydrogen-bond donors (Lipinski definition) is 0. The number of rotatable bonds is 6. The van der Waals surface area contributed by atoms with Crippen LogP contribution in [0.4, 0.5) is 0 Å². The first-order valence-electron chi connectivity index (χ1n) is 8.37. The number of aromatic nitrogens is 3. The van der Waals surface area contributed by atoms with Crippen molar-refractivity contribution in [2.45, 2.75) is 31.8 Å². The zero-order valence-corrected chi connectivity index (χ0v) is 17.0. The molecule has 0 bridgehead atoms. The lowest BCUT2D eigenvalue weighted by molar-refractivity contribution is 0.0987. The average Bonchev–Trinajstić information content (AvgIpc) is 3.18. The Morgan fingerprint density at radius 3 is 2.88 bits per heavy atom. The van der Waals surface area contributed by atoms with E-state index in [1.807, 2.05) is 18.4 Å². The SMILES string of the molecule is CCn1nc(C)cc1C(=O)N=c1sc2cc(SC)ccc2n1CCOC. The van der Waals surface area contributed by atoms with Gasteiger partial charge in [0.15, 0.2) is 4.80 Å².